The maximum absolute atomic E-state index is 10.6. The zero-order valence-electron chi connectivity index (χ0n) is 10.3. The average molecular weight is 317 g/mol. The van der Waals surface area contributed by atoms with Crippen LogP contribution in [0.1, 0.15) is 15.9 Å². The molecule has 0 saturated carbocycles. The van der Waals surface area contributed by atoms with Gasteiger partial charge in [-0.05, 0) is 45.8 Å². The molecular weight excluding hydrogens is 304 g/mol. The summed E-state index contributed by atoms with van der Waals surface area (Å²) in [4.78, 5) is 10.6. The first-order valence-electron chi connectivity index (χ1n) is 5.89. The number of aldehydes is 1. The van der Waals surface area contributed by atoms with Crippen LogP contribution in [-0.2, 0) is 0 Å². The van der Waals surface area contributed by atoms with Crippen LogP contribution in [0.3, 0.4) is 0 Å². The highest BCUT2D eigenvalue weighted by Crippen LogP contribution is 2.25. The predicted molar refractivity (Wildman–Crippen MR) is 80.5 cm³/mol. The molecule has 2 aromatic carbocycles. The van der Waals surface area contributed by atoms with Gasteiger partial charge in [0.2, 0.25) is 0 Å². The van der Waals surface area contributed by atoms with Crippen molar-refractivity contribution in [2.24, 2.45) is 0 Å². The molecule has 3 heteroatoms. The molecule has 0 aliphatic rings. The predicted octanol–water partition coefficient (Wildman–Crippen LogP) is 4.35. The van der Waals surface area contributed by atoms with Crippen LogP contribution in [0.25, 0.3) is 6.08 Å². The smallest absolute Gasteiger partial charge is 0.150 e. The number of hydrogen-bond acceptors (Lipinski definition) is 2. The third kappa shape index (κ3) is 4.07. The van der Waals surface area contributed by atoms with Crippen LogP contribution in [0.4, 0.5) is 0 Å². The highest BCUT2D eigenvalue weighted by molar-refractivity contribution is 9.10. The van der Waals surface area contributed by atoms with Gasteiger partial charge >= 0.3 is 0 Å². The molecule has 0 atom stereocenters. The Hall–Kier alpha value is -1.87. The Morgan fingerprint density at radius 1 is 1.05 bits per heavy atom. The fourth-order valence-corrected chi connectivity index (χ4v) is 2.10. The van der Waals surface area contributed by atoms with Gasteiger partial charge in [0.1, 0.15) is 18.6 Å². The van der Waals surface area contributed by atoms with E-state index in [1.807, 2.05) is 42.5 Å². The lowest BCUT2D eigenvalue weighted by Gasteiger charge is -2.05. The van der Waals surface area contributed by atoms with E-state index < -0.39 is 0 Å². The maximum atomic E-state index is 10.6. The largest absolute Gasteiger partial charge is 0.488 e. The lowest BCUT2D eigenvalue weighted by atomic mass is 10.2. The average Bonchev–Trinajstić information content (AvgIpc) is 2.46. The zero-order valence-corrected chi connectivity index (χ0v) is 11.8. The van der Waals surface area contributed by atoms with E-state index in [0.717, 1.165) is 22.1 Å². The van der Waals surface area contributed by atoms with Crippen molar-refractivity contribution in [2.75, 3.05) is 6.61 Å². The summed E-state index contributed by atoms with van der Waals surface area (Å²) < 4.78 is 6.39. The number of halogens is 1. The second-order valence-electron chi connectivity index (χ2n) is 3.93. The van der Waals surface area contributed by atoms with Crippen LogP contribution in [-0.4, -0.2) is 12.9 Å². The van der Waals surface area contributed by atoms with Gasteiger partial charge in [-0.1, -0.05) is 36.4 Å². The second-order valence-corrected chi connectivity index (χ2v) is 4.79. The molecule has 2 rings (SSSR count). The lowest BCUT2D eigenvalue weighted by Crippen LogP contribution is -1.94. The molecule has 2 aromatic rings. The Labute approximate surface area is 120 Å². The Morgan fingerprint density at radius 3 is 2.53 bits per heavy atom. The van der Waals surface area contributed by atoms with E-state index >= 15 is 0 Å². The SMILES string of the molecule is O=Cc1ccc(OCC=Cc2ccccc2)c(Br)c1. The monoisotopic (exact) mass is 316 g/mol. The molecule has 0 saturated heterocycles. The molecule has 0 aliphatic carbocycles. The van der Waals surface area contributed by atoms with E-state index in [2.05, 4.69) is 15.9 Å². The highest BCUT2D eigenvalue weighted by atomic mass is 79.9. The Morgan fingerprint density at radius 2 is 1.84 bits per heavy atom. The van der Waals surface area contributed by atoms with Crippen LogP contribution >= 0.6 is 15.9 Å². The van der Waals surface area contributed by atoms with Gasteiger partial charge in [0.25, 0.3) is 0 Å². The molecule has 0 unspecified atom stereocenters. The number of hydrogen-bond donors (Lipinski definition) is 0. The summed E-state index contributed by atoms with van der Waals surface area (Å²) in [6.07, 6.45) is 4.77. The van der Waals surface area contributed by atoms with Crippen molar-refractivity contribution >= 4 is 28.3 Å². The summed E-state index contributed by atoms with van der Waals surface area (Å²) in [5, 5.41) is 0. The molecular formula is C16H13BrO2. The highest BCUT2D eigenvalue weighted by Gasteiger charge is 2.01. The first-order chi connectivity index (χ1) is 9.29. The molecule has 0 fully saturated rings. The van der Waals surface area contributed by atoms with E-state index in [0.29, 0.717) is 12.2 Å². The molecule has 0 aliphatic heterocycles. The number of ether oxygens (including phenoxy) is 1. The van der Waals surface area contributed by atoms with Gasteiger partial charge < -0.3 is 4.74 Å². The van der Waals surface area contributed by atoms with Crippen molar-refractivity contribution in [1.82, 2.24) is 0 Å². The van der Waals surface area contributed by atoms with Crippen molar-refractivity contribution < 1.29 is 9.53 Å². The van der Waals surface area contributed by atoms with Gasteiger partial charge in [-0.15, -0.1) is 0 Å². The van der Waals surface area contributed by atoms with Crippen LogP contribution in [0.5, 0.6) is 5.75 Å². The molecule has 19 heavy (non-hydrogen) atoms. The van der Waals surface area contributed by atoms with Crippen molar-refractivity contribution in [3.05, 3.63) is 70.2 Å². The molecule has 0 bridgehead atoms. The topological polar surface area (TPSA) is 26.3 Å². The van der Waals surface area contributed by atoms with Crippen molar-refractivity contribution in [3.63, 3.8) is 0 Å². The van der Waals surface area contributed by atoms with Gasteiger partial charge in [-0.2, -0.15) is 0 Å². The summed E-state index contributed by atoms with van der Waals surface area (Å²) in [5.41, 5.74) is 1.76. The minimum absolute atomic E-state index is 0.480. The summed E-state index contributed by atoms with van der Waals surface area (Å²) >= 11 is 3.38. The summed E-state index contributed by atoms with van der Waals surface area (Å²) in [7, 11) is 0. The van der Waals surface area contributed by atoms with Gasteiger partial charge in [-0.3, -0.25) is 4.79 Å². The van der Waals surface area contributed by atoms with Gasteiger partial charge in [0.05, 0.1) is 4.47 Å². The van der Waals surface area contributed by atoms with E-state index in [1.54, 1.807) is 18.2 Å². The molecule has 96 valence electrons. The summed E-state index contributed by atoms with van der Waals surface area (Å²) in [6, 6.07) is 15.3. The van der Waals surface area contributed by atoms with Crippen LogP contribution < -0.4 is 4.74 Å². The third-order valence-corrected chi connectivity index (χ3v) is 3.16. The number of rotatable bonds is 5. The van der Waals surface area contributed by atoms with Gasteiger partial charge in [-0.25, -0.2) is 0 Å². The molecule has 0 N–H and O–H groups in total. The molecule has 2 nitrogen and oxygen atoms in total. The fraction of sp³-hybridized carbons (Fsp3) is 0.0625. The normalized spacial score (nSPS) is 10.6. The minimum atomic E-state index is 0.480. The maximum Gasteiger partial charge on any atom is 0.150 e. The Balaban J connectivity index is 1.92. The molecule has 0 amide bonds. The summed E-state index contributed by atoms with van der Waals surface area (Å²) in [5.74, 6) is 0.725. The number of carbonyl (C=O) groups excluding carboxylic acids is 1. The molecule has 0 spiro atoms. The van der Waals surface area contributed by atoms with E-state index in [9.17, 15) is 4.79 Å². The van der Waals surface area contributed by atoms with Gasteiger partial charge in [0, 0.05) is 5.56 Å². The first kappa shape index (κ1) is 13.6. The van der Waals surface area contributed by atoms with Gasteiger partial charge in [0.15, 0.2) is 0 Å². The van der Waals surface area contributed by atoms with Crippen LogP contribution in [0, 0.1) is 0 Å². The van der Waals surface area contributed by atoms with Crippen LogP contribution in [0.15, 0.2) is 59.1 Å². The zero-order chi connectivity index (χ0) is 13.5. The molecule has 0 aromatic heterocycles. The van der Waals surface area contributed by atoms with Crippen LogP contribution in [0.2, 0.25) is 0 Å². The fourth-order valence-electron chi connectivity index (χ4n) is 1.59. The van der Waals surface area contributed by atoms with E-state index in [1.165, 1.54) is 0 Å². The Bertz CT molecular complexity index is 577. The second kappa shape index (κ2) is 6.90. The molecule has 0 heterocycles. The standard InChI is InChI=1S/C16H13BrO2/c17-15-11-14(12-18)8-9-16(15)19-10-4-7-13-5-2-1-3-6-13/h1-9,11-12H,10H2. The third-order valence-electron chi connectivity index (χ3n) is 2.54. The lowest BCUT2D eigenvalue weighted by molar-refractivity contribution is 0.112. The first-order valence-corrected chi connectivity index (χ1v) is 6.68. The summed E-state index contributed by atoms with van der Waals surface area (Å²) in [6.45, 7) is 0.480. The number of benzene rings is 2. The van der Waals surface area contributed by atoms with E-state index in [-0.39, 0.29) is 0 Å². The Kier molecular flexibility index (Phi) is 4.93. The van der Waals surface area contributed by atoms with Crippen molar-refractivity contribution in [3.8, 4) is 5.75 Å². The minimum Gasteiger partial charge on any atom is -0.488 e. The van der Waals surface area contributed by atoms with E-state index in [4.69, 9.17) is 4.74 Å². The molecule has 0 radical (unpaired) electrons. The number of carbonyl (C=O) groups is 1. The van der Waals surface area contributed by atoms with Crippen molar-refractivity contribution in [1.29, 1.82) is 0 Å². The quantitative estimate of drug-likeness (QED) is 0.766. The van der Waals surface area contributed by atoms with Crippen molar-refractivity contribution in [2.45, 2.75) is 0 Å².